The monoisotopic (exact) mass is 505 g/mol. The molecule has 37 heavy (non-hydrogen) atoms. The second-order valence-electron chi connectivity index (χ2n) is 9.80. The second kappa shape index (κ2) is 10.1. The molecule has 2 unspecified atom stereocenters. The minimum absolute atomic E-state index is 0.0497. The Kier molecular flexibility index (Phi) is 6.86. The van der Waals surface area contributed by atoms with E-state index in [1.807, 2.05) is 50.2 Å². The van der Waals surface area contributed by atoms with Gasteiger partial charge in [-0.05, 0) is 49.6 Å². The predicted octanol–water partition coefficient (Wildman–Crippen LogP) is 4.03. The van der Waals surface area contributed by atoms with Gasteiger partial charge >= 0.3 is 0 Å². The van der Waals surface area contributed by atoms with E-state index in [2.05, 4.69) is 18.0 Å². The quantitative estimate of drug-likeness (QED) is 0.475. The van der Waals surface area contributed by atoms with Crippen molar-refractivity contribution in [2.75, 3.05) is 46.6 Å². The van der Waals surface area contributed by atoms with E-state index in [0.717, 1.165) is 34.1 Å². The number of rotatable bonds is 9. The van der Waals surface area contributed by atoms with Crippen LogP contribution in [-0.2, 0) is 19.9 Å². The third-order valence-corrected chi connectivity index (χ3v) is 7.51. The van der Waals surface area contributed by atoms with Crippen LogP contribution in [0.2, 0.25) is 0 Å². The molecule has 3 aromatic rings. The summed E-state index contributed by atoms with van der Waals surface area (Å²) in [6.07, 6.45) is 0.903. The molecule has 2 aromatic carbocycles. The Labute approximate surface area is 217 Å². The zero-order valence-corrected chi connectivity index (χ0v) is 22.0. The molecule has 2 amide bonds. The summed E-state index contributed by atoms with van der Waals surface area (Å²) in [5, 5.41) is 1.06. The minimum atomic E-state index is -1.12. The lowest BCUT2D eigenvalue weighted by Crippen LogP contribution is -2.67. The van der Waals surface area contributed by atoms with Crippen molar-refractivity contribution in [2.45, 2.75) is 38.6 Å². The van der Waals surface area contributed by atoms with Crippen molar-refractivity contribution in [3.63, 3.8) is 0 Å². The van der Waals surface area contributed by atoms with E-state index < -0.39 is 5.54 Å². The number of amides is 2. The summed E-state index contributed by atoms with van der Waals surface area (Å²) in [5.41, 5.74) is 2.66. The number of fused-ring (bicyclic) bond motifs is 5. The van der Waals surface area contributed by atoms with Gasteiger partial charge in [-0.2, -0.15) is 0 Å². The Balaban J connectivity index is 1.66. The van der Waals surface area contributed by atoms with Gasteiger partial charge in [0.25, 0.3) is 5.91 Å². The Bertz CT molecular complexity index is 1320. The number of hydrogen-bond acceptors (Lipinski definition) is 5. The van der Waals surface area contributed by atoms with Crippen LogP contribution >= 0.6 is 0 Å². The van der Waals surface area contributed by atoms with E-state index in [1.54, 1.807) is 16.9 Å². The maximum Gasteiger partial charge on any atom is 0.255 e. The van der Waals surface area contributed by atoms with Crippen molar-refractivity contribution in [1.82, 2.24) is 14.8 Å². The third kappa shape index (κ3) is 4.13. The largest absolute Gasteiger partial charge is 0.490 e. The topological polar surface area (TPSA) is 84.1 Å². The average molecular weight is 506 g/mol. The Hall–Kier alpha value is -3.52. The van der Waals surface area contributed by atoms with Crippen molar-refractivity contribution in [2.24, 2.45) is 0 Å². The van der Waals surface area contributed by atoms with E-state index in [1.165, 1.54) is 0 Å². The van der Waals surface area contributed by atoms with Crippen LogP contribution in [-0.4, -0.2) is 73.2 Å². The number of carbonyl (C=O) groups excluding carboxylic acids is 2. The number of benzene rings is 2. The van der Waals surface area contributed by atoms with Crippen LogP contribution in [0, 0.1) is 0 Å². The molecule has 196 valence electrons. The highest BCUT2D eigenvalue weighted by Gasteiger charge is 2.56. The smallest absolute Gasteiger partial charge is 0.255 e. The van der Waals surface area contributed by atoms with Gasteiger partial charge in [0.05, 0.1) is 32.1 Å². The first-order valence-electron chi connectivity index (χ1n) is 13.0. The molecular formula is C29H35N3O5. The summed E-state index contributed by atoms with van der Waals surface area (Å²) in [7, 11) is 1.60. The van der Waals surface area contributed by atoms with Crippen LogP contribution in [0.5, 0.6) is 11.5 Å². The molecular weight excluding hydrogens is 470 g/mol. The van der Waals surface area contributed by atoms with Gasteiger partial charge in [0, 0.05) is 37.0 Å². The maximum absolute atomic E-state index is 13.9. The number of carbonyl (C=O) groups is 2. The molecule has 2 aliphatic heterocycles. The number of methoxy groups -OCH3 is 1. The van der Waals surface area contributed by atoms with E-state index in [0.29, 0.717) is 44.4 Å². The lowest BCUT2D eigenvalue weighted by Gasteiger charge is -2.51. The summed E-state index contributed by atoms with van der Waals surface area (Å²) < 4.78 is 17.1. The number of hydrogen-bond donors (Lipinski definition) is 1. The molecule has 8 heteroatoms. The molecule has 0 spiro atoms. The van der Waals surface area contributed by atoms with Crippen molar-refractivity contribution in [3.8, 4) is 11.5 Å². The van der Waals surface area contributed by atoms with Gasteiger partial charge in [-0.1, -0.05) is 31.2 Å². The van der Waals surface area contributed by atoms with Crippen LogP contribution in [0.3, 0.4) is 0 Å². The highest BCUT2D eigenvalue weighted by molar-refractivity contribution is 6.01. The number of nitrogens with zero attached hydrogens (tertiary/aromatic N) is 2. The highest BCUT2D eigenvalue weighted by Crippen LogP contribution is 2.48. The fourth-order valence-electron chi connectivity index (χ4n) is 5.70. The molecule has 1 saturated heterocycles. The average Bonchev–Trinajstić information content (AvgIpc) is 3.30. The standard InChI is InChI=1S/C29H35N3O5/c1-5-14-37-23-12-11-19(16-24(23)36-6-2)21-17-32-25(33)18-31(13-15-35-4)28(34)29(32,3)27-26(21)20-9-7-8-10-22(20)30-27/h7-12,16,21,30H,5-6,13-15,17-18H2,1-4H3. The van der Waals surface area contributed by atoms with Gasteiger partial charge < -0.3 is 29.0 Å². The zero-order valence-electron chi connectivity index (χ0n) is 22.0. The lowest BCUT2D eigenvalue weighted by atomic mass is 9.76. The van der Waals surface area contributed by atoms with Crippen molar-refractivity contribution in [1.29, 1.82) is 0 Å². The lowest BCUT2D eigenvalue weighted by molar-refractivity contribution is -0.166. The SMILES string of the molecule is CCCOc1ccc(C2CN3C(=O)CN(CCOC)C(=O)C3(C)c3[nH]c4ccccc4c32)cc1OCC. The molecule has 1 fully saturated rings. The summed E-state index contributed by atoms with van der Waals surface area (Å²) >= 11 is 0. The molecule has 2 aliphatic rings. The van der Waals surface area contributed by atoms with Crippen molar-refractivity contribution < 1.29 is 23.8 Å². The normalized spacial score (nSPS) is 21.2. The number of H-pyrrole nitrogens is 1. The summed E-state index contributed by atoms with van der Waals surface area (Å²) in [6.45, 7) is 8.21. The molecule has 5 rings (SSSR count). The van der Waals surface area contributed by atoms with E-state index in [4.69, 9.17) is 14.2 Å². The molecule has 2 atom stereocenters. The first kappa shape index (κ1) is 25.1. The number of aromatic amines is 1. The summed E-state index contributed by atoms with van der Waals surface area (Å²) in [4.78, 5) is 34.4. The molecule has 3 heterocycles. The van der Waals surface area contributed by atoms with Crippen LogP contribution in [0.4, 0.5) is 0 Å². The van der Waals surface area contributed by atoms with Gasteiger partial charge in [-0.3, -0.25) is 9.59 Å². The van der Waals surface area contributed by atoms with Crippen LogP contribution < -0.4 is 9.47 Å². The third-order valence-electron chi connectivity index (χ3n) is 7.51. The summed E-state index contributed by atoms with van der Waals surface area (Å²) in [6, 6.07) is 14.1. The molecule has 0 bridgehead atoms. The number of aromatic nitrogens is 1. The fraction of sp³-hybridized carbons (Fsp3) is 0.448. The van der Waals surface area contributed by atoms with Crippen molar-refractivity contribution in [3.05, 3.63) is 59.3 Å². The molecule has 1 aromatic heterocycles. The summed E-state index contributed by atoms with van der Waals surface area (Å²) in [5.74, 6) is 1.11. The maximum atomic E-state index is 13.9. The molecule has 0 aliphatic carbocycles. The van der Waals surface area contributed by atoms with Crippen LogP contribution in [0.1, 0.15) is 49.9 Å². The number of piperazine rings is 1. The molecule has 0 radical (unpaired) electrons. The highest BCUT2D eigenvalue weighted by atomic mass is 16.5. The van der Waals surface area contributed by atoms with Gasteiger partial charge in [0.15, 0.2) is 17.0 Å². The predicted molar refractivity (Wildman–Crippen MR) is 141 cm³/mol. The molecule has 0 saturated carbocycles. The second-order valence-corrected chi connectivity index (χ2v) is 9.80. The molecule has 8 nitrogen and oxygen atoms in total. The number of para-hydroxylation sites is 1. The fourth-order valence-corrected chi connectivity index (χ4v) is 5.70. The Morgan fingerprint density at radius 3 is 2.62 bits per heavy atom. The van der Waals surface area contributed by atoms with Gasteiger partial charge in [0.1, 0.15) is 0 Å². The van der Waals surface area contributed by atoms with Gasteiger partial charge in [-0.15, -0.1) is 0 Å². The van der Waals surface area contributed by atoms with Crippen LogP contribution in [0.25, 0.3) is 10.9 Å². The van der Waals surface area contributed by atoms with E-state index in [-0.39, 0.29) is 24.3 Å². The Morgan fingerprint density at radius 1 is 1.05 bits per heavy atom. The van der Waals surface area contributed by atoms with Crippen LogP contribution in [0.15, 0.2) is 42.5 Å². The number of nitrogens with one attached hydrogen (secondary N) is 1. The van der Waals surface area contributed by atoms with E-state index >= 15 is 0 Å². The van der Waals surface area contributed by atoms with Gasteiger partial charge in [-0.25, -0.2) is 0 Å². The van der Waals surface area contributed by atoms with Gasteiger partial charge in [0.2, 0.25) is 5.91 Å². The Morgan fingerprint density at radius 2 is 1.86 bits per heavy atom. The minimum Gasteiger partial charge on any atom is -0.490 e. The number of ether oxygens (including phenoxy) is 3. The van der Waals surface area contributed by atoms with E-state index in [9.17, 15) is 9.59 Å². The van der Waals surface area contributed by atoms with Crippen molar-refractivity contribution >= 4 is 22.7 Å². The molecule has 1 N–H and O–H groups in total. The first-order chi connectivity index (χ1) is 17.9. The first-order valence-corrected chi connectivity index (χ1v) is 13.0. The zero-order chi connectivity index (χ0) is 26.2.